The third-order valence-electron chi connectivity index (χ3n) is 2.29. The molecule has 0 radical (unpaired) electrons. The molecule has 1 aromatic carbocycles. The lowest BCUT2D eigenvalue weighted by Crippen LogP contribution is -2.04. The van der Waals surface area contributed by atoms with Gasteiger partial charge in [0.15, 0.2) is 0 Å². The van der Waals surface area contributed by atoms with Crippen LogP contribution in [0.3, 0.4) is 0 Å². The molecule has 0 atom stereocenters. The number of halogens is 1. The number of rotatable bonds is 4. The highest BCUT2D eigenvalue weighted by Crippen LogP contribution is 2.29. The molecule has 2 rings (SSSR count). The smallest absolute Gasteiger partial charge is 0.397 e. The van der Waals surface area contributed by atoms with Gasteiger partial charge < -0.3 is 14.0 Å². The van der Waals surface area contributed by atoms with Gasteiger partial charge in [-0.3, -0.25) is 0 Å². The third-order valence-corrected chi connectivity index (χ3v) is 2.91. The van der Waals surface area contributed by atoms with Crippen LogP contribution in [0.25, 0.3) is 11.4 Å². The average Bonchev–Trinajstić information content (AvgIpc) is 2.88. The molecule has 0 bridgehead atoms. The summed E-state index contributed by atoms with van der Waals surface area (Å²) >= 11 is 3.36. The first kappa shape index (κ1) is 13.5. The number of carbonyl (C=O) groups excluding carboxylic acids is 1. The summed E-state index contributed by atoms with van der Waals surface area (Å²) in [7, 11) is 1.58. The fourth-order valence-electron chi connectivity index (χ4n) is 1.42. The predicted molar refractivity (Wildman–Crippen MR) is 69.9 cm³/mol. The van der Waals surface area contributed by atoms with Crippen molar-refractivity contribution in [2.24, 2.45) is 0 Å². The van der Waals surface area contributed by atoms with E-state index in [1.807, 2.05) is 0 Å². The fraction of sp³-hybridized carbons (Fsp3) is 0.250. The van der Waals surface area contributed by atoms with E-state index in [1.165, 1.54) is 0 Å². The molecule has 0 saturated heterocycles. The molecule has 0 saturated carbocycles. The van der Waals surface area contributed by atoms with E-state index < -0.39 is 5.97 Å². The van der Waals surface area contributed by atoms with E-state index in [0.717, 1.165) is 4.47 Å². The maximum absolute atomic E-state index is 11.4. The zero-order chi connectivity index (χ0) is 13.8. The van der Waals surface area contributed by atoms with Gasteiger partial charge in [-0.2, -0.15) is 4.98 Å². The van der Waals surface area contributed by atoms with Crippen LogP contribution in [-0.4, -0.2) is 29.8 Å². The standard InChI is InChI=1S/C12H11BrN2O4/c1-3-18-12(16)11-14-10(15-19-11)7-4-5-9(17-2)8(13)6-7/h4-6H,3H2,1-2H3. The number of esters is 1. The van der Waals surface area contributed by atoms with Crippen LogP contribution in [0.1, 0.15) is 17.6 Å². The first-order chi connectivity index (χ1) is 9.15. The summed E-state index contributed by atoms with van der Waals surface area (Å²) in [5, 5.41) is 3.74. The third kappa shape index (κ3) is 2.93. The van der Waals surface area contributed by atoms with E-state index in [2.05, 4.69) is 26.1 Å². The molecule has 2 aromatic rings. The van der Waals surface area contributed by atoms with Gasteiger partial charge in [0.2, 0.25) is 5.82 Å². The molecule has 1 aromatic heterocycles. The van der Waals surface area contributed by atoms with Crippen molar-refractivity contribution in [2.75, 3.05) is 13.7 Å². The Labute approximate surface area is 117 Å². The van der Waals surface area contributed by atoms with Crippen LogP contribution in [-0.2, 0) is 4.74 Å². The number of ether oxygens (including phenoxy) is 2. The lowest BCUT2D eigenvalue weighted by Gasteiger charge is -2.03. The molecular weight excluding hydrogens is 316 g/mol. The SMILES string of the molecule is CCOC(=O)c1nc(-c2ccc(OC)c(Br)c2)no1. The minimum Gasteiger partial charge on any atom is -0.496 e. The topological polar surface area (TPSA) is 74.5 Å². The van der Waals surface area contributed by atoms with E-state index in [-0.39, 0.29) is 12.5 Å². The van der Waals surface area contributed by atoms with Crippen LogP contribution < -0.4 is 4.74 Å². The molecule has 6 nitrogen and oxygen atoms in total. The average molecular weight is 327 g/mol. The highest BCUT2D eigenvalue weighted by molar-refractivity contribution is 9.10. The number of aromatic nitrogens is 2. The lowest BCUT2D eigenvalue weighted by atomic mass is 10.2. The highest BCUT2D eigenvalue weighted by Gasteiger charge is 2.17. The number of methoxy groups -OCH3 is 1. The molecule has 0 fully saturated rings. The van der Waals surface area contributed by atoms with Crippen molar-refractivity contribution < 1.29 is 18.8 Å². The molecule has 100 valence electrons. The number of benzene rings is 1. The summed E-state index contributed by atoms with van der Waals surface area (Å²) in [5.41, 5.74) is 0.701. The van der Waals surface area contributed by atoms with Gasteiger partial charge in [0, 0.05) is 5.56 Å². The first-order valence-electron chi connectivity index (χ1n) is 5.50. The second kappa shape index (κ2) is 5.83. The minimum atomic E-state index is -0.631. The summed E-state index contributed by atoms with van der Waals surface area (Å²) in [6, 6.07) is 5.31. The van der Waals surface area contributed by atoms with Gasteiger partial charge in [0.1, 0.15) is 5.75 Å². The van der Waals surface area contributed by atoms with Crippen molar-refractivity contribution in [3.05, 3.63) is 28.6 Å². The second-order valence-electron chi connectivity index (χ2n) is 3.49. The largest absolute Gasteiger partial charge is 0.496 e. The van der Waals surface area contributed by atoms with Crippen molar-refractivity contribution in [1.29, 1.82) is 0 Å². The van der Waals surface area contributed by atoms with Crippen LogP contribution in [0.4, 0.5) is 0 Å². The van der Waals surface area contributed by atoms with Gasteiger partial charge in [-0.25, -0.2) is 4.79 Å². The Hall–Kier alpha value is -1.89. The van der Waals surface area contributed by atoms with E-state index in [9.17, 15) is 4.79 Å². The molecule has 19 heavy (non-hydrogen) atoms. The van der Waals surface area contributed by atoms with Crippen molar-refractivity contribution in [2.45, 2.75) is 6.92 Å². The number of hydrogen-bond donors (Lipinski definition) is 0. The molecule has 0 amide bonds. The van der Waals surface area contributed by atoms with Gasteiger partial charge >= 0.3 is 11.9 Å². The van der Waals surface area contributed by atoms with Gasteiger partial charge in [0.05, 0.1) is 18.2 Å². The summed E-state index contributed by atoms with van der Waals surface area (Å²) < 4.78 is 15.5. The predicted octanol–water partition coefficient (Wildman–Crippen LogP) is 2.68. The monoisotopic (exact) mass is 326 g/mol. The Balaban J connectivity index is 2.27. The summed E-state index contributed by atoms with van der Waals surface area (Å²) in [6.07, 6.45) is 0. The minimum absolute atomic E-state index is 0.163. The molecule has 7 heteroatoms. The molecule has 0 aliphatic heterocycles. The van der Waals surface area contributed by atoms with Crippen molar-refractivity contribution in [3.63, 3.8) is 0 Å². The molecular formula is C12H11BrN2O4. The van der Waals surface area contributed by atoms with Crippen molar-refractivity contribution in [1.82, 2.24) is 10.1 Å². The molecule has 0 spiro atoms. The maximum atomic E-state index is 11.4. The van der Waals surface area contributed by atoms with Gasteiger partial charge in [-0.1, -0.05) is 5.16 Å². The molecule has 0 aliphatic carbocycles. The molecule has 1 heterocycles. The van der Waals surface area contributed by atoms with Crippen LogP contribution in [0.5, 0.6) is 5.75 Å². The maximum Gasteiger partial charge on any atom is 0.397 e. The van der Waals surface area contributed by atoms with Gasteiger partial charge in [0.25, 0.3) is 0 Å². The number of carbonyl (C=O) groups is 1. The Morgan fingerprint density at radius 3 is 2.89 bits per heavy atom. The second-order valence-corrected chi connectivity index (χ2v) is 4.35. The summed E-state index contributed by atoms with van der Waals surface area (Å²) in [4.78, 5) is 15.4. The van der Waals surface area contributed by atoms with Crippen LogP contribution in [0, 0.1) is 0 Å². The lowest BCUT2D eigenvalue weighted by molar-refractivity contribution is 0.0470. The zero-order valence-corrected chi connectivity index (χ0v) is 11.9. The van der Waals surface area contributed by atoms with Crippen LogP contribution in [0.2, 0.25) is 0 Å². The number of hydrogen-bond acceptors (Lipinski definition) is 6. The van der Waals surface area contributed by atoms with Gasteiger partial charge in [-0.05, 0) is 41.1 Å². The van der Waals surface area contributed by atoms with Gasteiger partial charge in [-0.15, -0.1) is 0 Å². The fourth-order valence-corrected chi connectivity index (χ4v) is 1.96. The zero-order valence-electron chi connectivity index (χ0n) is 10.3. The summed E-state index contributed by atoms with van der Waals surface area (Å²) in [5.74, 6) is 0.210. The Kier molecular flexibility index (Phi) is 4.16. The normalized spacial score (nSPS) is 10.3. The Bertz CT molecular complexity index is 597. The van der Waals surface area contributed by atoms with Crippen molar-refractivity contribution in [3.8, 4) is 17.1 Å². The first-order valence-corrected chi connectivity index (χ1v) is 6.29. The summed E-state index contributed by atoms with van der Waals surface area (Å²) in [6.45, 7) is 1.96. The van der Waals surface area contributed by atoms with Crippen LogP contribution >= 0.6 is 15.9 Å². The van der Waals surface area contributed by atoms with E-state index in [0.29, 0.717) is 17.1 Å². The van der Waals surface area contributed by atoms with E-state index >= 15 is 0 Å². The van der Waals surface area contributed by atoms with Crippen molar-refractivity contribution >= 4 is 21.9 Å². The highest BCUT2D eigenvalue weighted by atomic mass is 79.9. The van der Waals surface area contributed by atoms with E-state index in [4.69, 9.17) is 14.0 Å². The Morgan fingerprint density at radius 1 is 1.47 bits per heavy atom. The molecule has 0 N–H and O–H groups in total. The van der Waals surface area contributed by atoms with Crippen LogP contribution in [0.15, 0.2) is 27.2 Å². The quantitative estimate of drug-likeness (QED) is 0.804. The molecule has 0 unspecified atom stereocenters. The Morgan fingerprint density at radius 2 is 2.26 bits per heavy atom. The van der Waals surface area contributed by atoms with E-state index in [1.54, 1.807) is 32.2 Å². The molecule has 0 aliphatic rings. The number of nitrogens with zero attached hydrogens (tertiary/aromatic N) is 2.